The Morgan fingerprint density at radius 1 is 1.19 bits per heavy atom. The normalized spacial score (nSPS) is 16.5. The maximum absolute atomic E-state index is 12.9. The molecule has 2 aromatic rings. The Kier molecular flexibility index (Phi) is 5.07. The zero-order chi connectivity index (χ0) is 19.6. The first-order valence-electron chi connectivity index (χ1n) is 8.41. The van der Waals surface area contributed by atoms with Gasteiger partial charge in [-0.05, 0) is 36.4 Å². The predicted octanol–water partition coefficient (Wildman–Crippen LogP) is 1.92. The van der Waals surface area contributed by atoms with Crippen LogP contribution in [-0.4, -0.2) is 34.6 Å². The van der Waals surface area contributed by atoms with E-state index in [1.807, 2.05) is 0 Å². The molecule has 1 aromatic carbocycles. The van der Waals surface area contributed by atoms with Crippen molar-refractivity contribution >= 4 is 35.0 Å². The van der Waals surface area contributed by atoms with Gasteiger partial charge in [-0.1, -0.05) is 0 Å². The molecule has 1 fully saturated rings. The summed E-state index contributed by atoms with van der Waals surface area (Å²) in [5.74, 6) is -0.855. The number of carbonyl (C=O) groups excluding carboxylic acids is 4. The summed E-state index contributed by atoms with van der Waals surface area (Å²) < 4.78 is 5.25. The number of nitrogens with one attached hydrogen (secondary N) is 1. The molecule has 8 nitrogen and oxygen atoms in total. The minimum Gasteiger partial charge on any atom is -0.467 e. The highest BCUT2D eigenvalue weighted by atomic mass is 16.3. The Balaban J connectivity index is 1.81. The van der Waals surface area contributed by atoms with Crippen molar-refractivity contribution in [3.8, 4) is 0 Å². The largest absolute Gasteiger partial charge is 0.467 e. The van der Waals surface area contributed by atoms with Crippen LogP contribution in [0.2, 0.25) is 0 Å². The van der Waals surface area contributed by atoms with Crippen LogP contribution in [0.15, 0.2) is 47.1 Å². The Hall–Kier alpha value is -3.42. The summed E-state index contributed by atoms with van der Waals surface area (Å²) in [6.07, 6.45) is 1.39. The van der Waals surface area contributed by atoms with E-state index in [1.165, 1.54) is 25.0 Å². The number of hydrogen-bond donors (Lipinski definition) is 1. The van der Waals surface area contributed by atoms with Gasteiger partial charge in [-0.2, -0.15) is 0 Å². The SMILES string of the molecule is CC(=O)Nc1ccc(N2C(=O)CC(N(Cc3ccco3)C(C)=O)C2=O)cc1. The molecule has 3 rings (SSSR count). The van der Waals surface area contributed by atoms with Gasteiger partial charge in [0.15, 0.2) is 0 Å². The first-order chi connectivity index (χ1) is 12.9. The third kappa shape index (κ3) is 3.89. The summed E-state index contributed by atoms with van der Waals surface area (Å²) >= 11 is 0. The molecule has 0 radical (unpaired) electrons. The molecule has 1 aliphatic heterocycles. The molecular formula is C19H19N3O5. The Bertz CT molecular complexity index is 873. The van der Waals surface area contributed by atoms with E-state index in [0.717, 1.165) is 4.90 Å². The lowest BCUT2D eigenvalue weighted by atomic mass is 10.2. The summed E-state index contributed by atoms with van der Waals surface area (Å²) in [5, 5.41) is 2.62. The number of hydrogen-bond acceptors (Lipinski definition) is 5. The van der Waals surface area contributed by atoms with Crippen molar-refractivity contribution in [3.63, 3.8) is 0 Å². The Morgan fingerprint density at radius 3 is 2.44 bits per heavy atom. The van der Waals surface area contributed by atoms with E-state index in [0.29, 0.717) is 17.1 Å². The van der Waals surface area contributed by atoms with Crippen LogP contribution in [-0.2, 0) is 25.7 Å². The van der Waals surface area contributed by atoms with Crippen LogP contribution in [0.3, 0.4) is 0 Å². The molecule has 1 saturated heterocycles. The highest BCUT2D eigenvalue weighted by Gasteiger charge is 2.43. The Labute approximate surface area is 155 Å². The van der Waals surface area contributed by atoms with E-state index in [-0.39, 0.29) is 30.7 Å². The van der Waals surface area contributed by atoms with Crippen LogP contribution in [0.1, 0.15) is 26.0 Å². The molecule has 0 aliphatic carbocycles. The molecule has 8 heteroatoms. The van der Waals surface area contributed by atoms with Gasteiger partial charge in [0, 0.05) is 19.5 Å². The van der Waals surface area contributed by atoms with Gasteiger partial charge in [-0.3, -0.25) is 19.2 Å². The first-order valence-corrected chi connectivity index (χ1v) is 8.41. The van der Waals surface area contributed by atoms with E-state index >= 15 is 0 Å². The van der Waals surface area contributed by atoms with Crippen molar-refractivity contribution in [3.05, 3.63) is 48.4 Å². The molecule has 0 bridgehead atoms. The van der Waals surface area contributed by atoms with Crippen LogP contribution in [0.5, 0.6) is 0 Å². The topological polar surface area (TPSA) is 99.9 Å². The van der Waals surface area contributed by atoms with E-state index in [2.05, 4.69) is 5.32 Å². The monoisotopic (exact) mass is 369 g/mol. The maximum Gasteiger partial charge on any atom is 0.257 e. The molecule has 1 aliphatic rings. The minimum atomic E-state index is -0.880. The third-order valence-corrected chi connectivity index (χ3v) is 4.26. The van der Waals surface area contributed by atoms with Crippen molar-refractivity contribution in [1.29, 1.82) is 0 Å². The molecule has 1 N–H and O–H groups in total. The van der Waals surface area contributed by atoms with Crippen molar-refractivity contribution < 1.29 is 23.6 Å². The number of furan rings is 1. The van der Waals surface area contributed by atoms with Gasteiger partial charge in [0.25, 0.3) is 5.91 Å². The average molecular weight is 369 g/mol. The highest BCUT2D eigenvalue weighted by molar-refractivity contribution is 6.23. The van der Waals surface area contributed by atoms with Gasteiger partial charge in [0.2, 0.25) is 17.7 Å². The van der Waals surface area contributed by atoms with Gasteiger partial charge in [0.05, 0.1) is 24.9 Å². The second kappa shape index (κ2) is 7.45. The minimum absolute atomic E-state index is 0.0907. The van der Waals surface area contributed by atoms with Crippen LogP contribution in [0.25, 0.3) is 0 Å². The van der Waals surface area contributed by atoms with Gasteiger partial charge >= 0.3 is 0 Å². The average Bonchev–Trinajstić information content (AvgIpc) is 3.21. The van der Waals surface area contributed by atoms with Gasteiger partial charge < -0.3 is 14.6 Å². The van der Waals surface area contributed by atoms with Crippen molar-refractivity contribution in [2.24, 2.45) is 0 Å². The van der Waals surface area contributed by atoms with Crippen molar-refractivity contribution in [1.82, 2.24) is 4.90 Å². The fourth-order valence-corrected chi connectivity index (χ4v) is 3.04. The van der Waals surface area contributed by atoms with E-state index in [1.54, 1.807) is 36.4 Å². The van der Waals surface area contributed by atoms with Crippen LogP contribution in [0.4, 0.5) is 11.4 Å². The zero-order valence-electron chi connectivity index (χ0n) is 15.0. The predicted molar refractivity (Wildman–Crippen MR) is 96.6 cm³/mol. The summed E-state index contributed by atoms with van der Waals surface area (Å²) in [6, 6.07) is 8.89. The van der Waals surface area contributed by atoms with Crippen LogP contribution >= 0.6 is 0 Å². The summed E-state index contributed by atoms with van der Waals surface area (Å²) in [6.45, 7) is 2.86. The van der Waals surface area contributed by atoms with Gasteiger partial charge in [0.1, 0.15) is 11.8 Å². The van der Waals surface area contributed by atoms with Crippen LogP contribution < -0.4 is 10.2 Å². The molecule has 140 valence electrons. The molecular weight excluding hydrogens is 350 g/mol. The fraction of sp³-hybridized carbons (Fsp3) is 0.263. The van der Waals surface area contributed by atoms with Gasteiger partial charge in [-0.15, -0.1) is 0 Å². The molecule has 27 heavy (non-hydrogen) atoms. The molecule has 1 unspecified atom stereocenters. The van der Waals surface area contributed by atoms with E-state index < -0.39 is 11.9 Å². The maximum atomic E-state index is 12.9. The number of benzene rings is 1. The second-order valence-electron chi connectivity index (χ2n) is 6.24. The highest BCUT2D eigenvalue weighted by Crippen LogP contribution is 2.28. The molecule has 0 saturated carbocycles. The molecule has 4 amide bonds. The first kappa shape index (κ1) is 18.4. The Morgan fingerprint density at radius 2 is 1.89 bits per heavy atom. The van der Waals surface area contributed by atoms with E-state index in [9.17, 15) is 19.2 Å². The van der Waals surface area contributed by atoms with Crippen LogP contribution in [0, 0.1) is 0 Å². The zero-order valence-corrected chi connectivity index (χ0v) is 15.0. The number of anilines is 2. The summed E-state index contributed by atoms with van der Waals surface area (Å²) in [4.78, 5) is 50.9. The lowest BCUT2D eigenvalue weighted by molar-refractivity contribution is -0.137. The lowest BCUT2D eigenvalue weighted by Gasteiger charge is -2.25. The molecule has 1 aromatic heterocycles. The number of amides is 4. The summed E-state index contributed by atoms with van der Waals surface area (Å²) in [7, 11) is 0. The van der Waals surface area contributed by atoms with Gasteiger partial charge in [-0.25, -0.2) is 4.90 Å². The van der Waals surface area contributed by atoms with Crippen molar-refractivity contribution in [2.75, 3.05) is 10.2 Å². The smallest absolute Gasteiger partial charge is 0.257 e. The standard InChI is InChI=1S/C19H19N3O5/c1-12(23)20-14-5-7-15(8-6-14)22-18(25)10-17(19(22)26)21(13(2)24)11-16-4-3-9-27-16/h3-9,17H,10-11H2,1-2H3,(H,20,23). The number of rotatable bonds is 5. The number of imide groups is 1. The number of nitrogens with zero attached hydrogens (tertiary/aromatic N) is 2. The summed E-state index contributed by atoms with van der Waals surface area (Å²) in [5.41, 5.74) is 0.952. The molecule has 0 spiro atoms. The molecule has 1 atom stereocenters. The van der Waals surface area contributed by atoms with E-state index in [4.69, 9.17) is 4.42 Å². The quantitative estimate of drug-likeness (QED) is 0.812. The lowest BCUT2D eigenvalue weighted by Crippen LogP contribution is -2.44. The third-order valence-electron chi connectivity index (χ3n) is 4.26. The second-order valence-corrected chi connectivity index (χ2v) is 6.24. The van der Waals surface area contributed by atoms with Crippen molar-refractivity contribution in [2.45, 2.75) is 32.9 Å². The number of carbonyl (C=O) groups is 4. The fourth-order valence-electron chi connectivity index (χ4n) is 3.04. The molecule has 2 heterocycles.